The third kappa shape index (κ3) is 4.32. The van der Waals surface area contributed by atoms with Crippen LogP contribution in [0.2, 0.25) is 5.02 Å². The smallest absolute Gasteiger partial charge is 0.356 e. The minimum atomic E-state index is -0.615. The Morgan fingerprint density at radius 3 is 2.70 bits per heavy atom. The Morgan fingerprint density at radius 1 is 1.19 bits per heavy atom. The quantitative estimate of drug-likeness (QED) is 0.672. The fourth-order valence-corrected chi connectivity index (χ4v) is 2.57. The molecule has 6 nitrogen and oxygen atoms in total. The number of hydrogen-bond donors (Lipinski definition) is 1. The maximum atomic E-state index is 13.2. The average Bonchev–Trinajstić information content (AvgIpc) is 2.68. The summed E-state index contributed by atoms with van der Waals surface area (Å²) in [5, 5.41) is 3.10. The van der Waals surface area contributed by atoms with Gasteiger partial charge >= 0.3 is 5.97 Å². The number of hydrogen-bond acceptors (Lipinski definition) is 5. The highest BCUT2D eigenvalue weighted by molar-refractivity contribution is 6.31. The number of halogens is 2. The second kappa shape index (κ2) is 8.01. The summed E-state index contributed by atoms with van der Waals surface area (Å²) in [6.45, 7) is -0.330. The number of anilines is 1. The average molecular weight is 389 g/mol. The van der Waals surface area contributed by atoms with E-state index in [-0.39, 0.29) is 17.3 Å². The fourth-order valence-electron chi connectivity index (χ4n) is 2.39. The summed E-state index contributed by atoms with van der Waals surface area (Å²) >= 11 is 5.69. The molecule has 0 bridgehead atoms. The number of methoxy groups -OCH3 is 1. The SMILES string of the molecule is COC(=O)c1cc(OCC(=O)Nc2ccc(F)c(Cl)c2)c2ccccc2n1. The van der Waals surface area contributed by atoms with E-state index in [1.165, 1.54) is 25.3 Å². The molecule has 0 unspecified atom stereocenters. The molecule has 1 aromatic heterocycles. The summed E-state index contributed by atoms with van der Waals surface area (Å²) in [5.74, 6) is -1.35. The number of rotatable bonds is 5. The van der Waals surface area contributed by atoms with E-state index < -0.39 is 17.7 Å². The van der Waals surface area contributed by atoms with E-state index in [2.05, 4.69) is 15.0 Å². The van der Waals surface area contributed by atoms with Crippen molar-refractivity contribution in [1.82, 2.24) is 4.98 Å². The first-order valence-electron chi connectivity index (χ1n) is 7.83. The number of carbonyl (C=O) groups is 2. The highest BCUT2D eigenvalue weighted by Gasteiger charge is 2.14. The molecule has 0 aliphatic heterocycles. The summed E-state index contributed by atoms with van der Waals surface area (Å²) in [5.41, 5.74) is 0.933. The van der Waals surface area contributed by atoms with Crippen LogP contribution in [0.3, 0.4) is 0 Å². The monoisotopic (exact) mass is 388 g/mol. The molecular weight excluding hydrogens is 375 g/mol. The lowest BCUT2D eigenvalue weighted by molar-refractivity contribution is -0.118. The van der Waals surface area contributed by atoms with Gasteiger partial charge in [0.2, 0.25) is 0 Å². The molecular formula is C19H14ClFN2O4. The third-order valence-electron chi connectivity index (χ3n) is 3.63. The van der Waals surface area contributed by atoms with Crippen LogP contribution in [0.25, 0.3) is 10.9 Å². The molecule has 0 fully saturated rings. The summed E-state index contributed by atoms with van der Waals surface area (Å²) in [4.78, 5) is 28.1. The summed E-state index contributed by atoms with van der Waals surface area (Å²) in [7, 11) is 1.25. The van der Waals surface area contributed by atoms with Gasteiger partial charge < -0.3 is 14.8 Å². The maximum Gasteiger partial charge on any atom is 0.356 e. The fraction of sp³-hybridized carbons (Fsp3) is 0.105. The molecule has 1 N–H and O–H groups in total. The molecule has 0 aliphatic rings. The minimum absolute atomic E-state index is 0.0666. The van der Waals surface area contributed by atoms with Crippen LogP contribution in [0.1, 0.15) is 10.5 Å². The van der Waals surface area contributed by atoms with Gasteiger partial charge in [-0.3, -0.25) is 4.79 Å². The lowest BCUT2D eigenvalue weighted by atomic mass is 10.2. The number of benzene rings is 2. The van der Waals surface area contributed by atoms with E-state index in [4.69, 9.17) is 16.3 Å². The zero-order valence-corrected chi connectivity index (χ0v) is 14.9. The Labute approximate surface area is 158 Å². The highest BCUT2D eigenvalue weighted by atomic mass is 35.5. The van der Waals surface area contributed by atoms with Gasteiger partial charge in [-0.1, -0.05) is 23.7 Å². The number of nitrogens with one attached hydrogen (secondary N) is 1. The number of aromatic nitrogens is 1. The van der Waals surface area contributed by atoms with Gasteiger partial charge in [-0.15, -0.1) is 0 Å². The van der Waals surface area contributed by atoms with Gasteiger partial charge in [-0.25, -0.2) is 14.2 Å². The first kappa shape index (κ1) is 18.6. The summed E-state index contributed by atoms with van der Waals surface area (Å²) in [6.07, 6.45) is 0. The van der Waals surface area contributed by atoms with Crippen LogP contribution in [0, 0.1) is 5.82 Å². The van der Waals surface area contributed by atoms with Crippen molar-refractivity contribution < 1.29 is 23.5 Å². The number of esters is 1. The normalized spacial score (nSPS) is 10.5. The zero-order valence-electron chi connectivity index (χ0n) is 14.2. The molecule has 8 heteroatoms. The Balaban J connectivity index is 1.78. The van der Waals surface area contributed by atoms with E-state index in [0.717, 1.165) is 6.07 Å². The van der Waals surface area contributed by atoms with Crippen molar-refractivity contribution in [2.45, 2.75) is 0 Å². The number of nitrogens with zero attached hydrogens (tertiary/aromatic N) is 1. The van der Waals surface area contributed by atoms with Crippen molar-refractivity contribution in [3.8, 4) is 5.75 Å². The van der Waals surface area contributed by atoms with Gasteiger partial charge in [0.1, 0.15) is 11.6 Å². The largest absolute Gasteiger partial charge is 0.483 e. The summed E-state index contributed by atoms with van der Waals surface area (Å²) < 4.78 is 23.4. The molecule has 0 radical (unpaired) electrons. The second-order valence-corrected chi connectivity index (χ2v) is 5.89. The van der Waals surface area contributed by atoms with Gasteiger partial charge in [0, 0.05) is 17.1 Å². The molecule has 2 aromatic carbocycles. The van der Waals surface area contributed by atoms with E-state index in [1.54, 1.807) is 24.3 Å². The number of pyridine rings is 1. The van der Waals surface area contributed by atoms with Crippen LogP contribution in [-0.2, 0) is 9.53 Å². The van der Waals surface area contributed by atoms with Crippen molar-refractivity contribution in [2.24, 2.45) is 0 Å². The van der Waals surface area contributed by atoms with Crippen molar-refractivity contribution in [3.05, 3.63) is 65.1 Å². The molecule has 0 saturated heterocycles. The van der Waals surface area contributed by atoms with Gasteiger partial charge in [0.05, 0.1) is 17.6 Å². The molecule has 1 heterocycles. The van der Waals surface area contributed by atoms with Gasteiger partial charge in [-0.2, -0.15) is 0 Å². The van der Waals surface area contributed by atoms with Crippen LogP contribution in [0.5, 0.6) is 5.75 Å². The van der Waals surface area contributed by atoms with Crippen molar-refractivity contribution in [2.75, 3.05) is 19.0 Å². The Morgan fingerprint density at radius 2 is 1.96 bits per heavy atom. The molecule has 0 saturated carbocycles. The zero-order chi connectivity index (χ0) is 19.4. The van der Waals surface area contributed by atoms with E-state index in [9.17, 15) is 14.0 Å². The number of ether oxygens (including phenoxy) is 2. The molecule has 0 spiro atoms. The highest BCUT2D eigenvalue weighted by Crippen LogP contribution is 2.26. The molecule has 3 aromatic rings. The molecule has 1 amide bonds. The van der Waals surface area contributed by atoms with E-state index in [0.29, 0.717) is 22.3 Å². The van der Waals surface area contributed by atoms with Crippen molar-refractivity contribution in [3.63, 3.8) is 0 Å². The van der Waals surface area contributed by atoms with E-state index >= 15 is 0 Å². The first-order chi connectivity index (χ1) is 13.0. The predicted octanol–water partition coefficient (Wildman–Crippen LogP) is 3.83. The van der Waals surface area contributed by atoms with Gasteiger partial charge in [-0.05, 0) is 30.3 Å². The number of amides is 1. The second-order valence-electron chi connectivity index (χ2n) is 5.48. The van der Waals surface area contributed by atoms with Crippen LogP contribution >= 0.6 is 11.6 Å². The Kier molecular flexibility index (Phi) is 5.52. The van der Waals surface area contributed by atoms with Crippen LogP contribution in [-0.4, -0.2) is 30.6 Å². The lowest BCUT2D eigenvalue weighted by Gasteiger charge is -2.11. The van der Waals surface area contributed by atoms with Crippen LogP contribution < -0.4 is 10.1 Å². The molecule has 138 valence electrons. The first-order valence-corrected chi connectivity index (χ1v) is 8.21. The Bertz CT molecular complexity index is 1030. The van der Waals surface area contributed by atoms with Gasteiger partial charge in [0.25, 0.3) is 5.91 Å². The van der Waals surface area contributed by atoms with E-state index in [1.807, 2.05) is 0 Å². The van der Waals surface area contributed by atoms with Crippen LogP contribution in [0.15, 0.2) is 48.5 Å². The number of carbonyl (C=O) groups excluding carboxylic acids is 2. The number of para-hydroxylation sites is 1. The Hall–Kier alpha value is -3.19. The third-order valence-corrected chi connectivity index (χ3v) is 3.92. The summed E-state index contributed by atoms with van der Waals surface area (Å²) in [6, 6.07) is 12.3. The maximum absolute atomic E-state index is 13.2. The number of fused-ring (bicyclic) bond motifs is 1. The van der Waals surface area contributed by atoms with Crippen molar-refractivity contribution in [1.29, 1.82) is 0 Å². The predicted molar refractivity (Wildman–Crippen MR) is 98.6 cm³/mol. The molecule has 3 rings (SSSR count). The topological polar surface area (TPSA) is 77.5 Å². The van der Waals surface area contributed by atoms with Crippen molar-refractivity contribution >= 4 is 40.1 Å². The lowest BCUT2D eigenvalue weighted by Crippen LogP contribution is -2.20. The minimum Gasteiger partial charge on any atom is -0.483 e. The standard InChI is InChI=1S/C19H14ClFN2O4/c1-26-19(25)16-9-17(12-4-2-3-5-15(12)23-16)27-10-18(24)22-11-6-7-14(21)13(20)8-11/h2-9H,10H2,1H3,(H,22,24). The van der Waals surface area contributed by atoms with Gasteiger partial charge in [0.15, 0.2) is 12.3 Å². The molecule has 0 aliphatic carbocycles. The van der Waals surface area contributed by atoms with Crippen LogP contribution in [0.4, 0.5) is 10.1 Å². The molecule has 27 heavy (non-hydrogen) atoms. The molecule has 0 atom stereocenters.